The lowest BCUT2D eigenvalue weighted by Gasteiger charge is -2.14. The van der Waals surface area contributed by atoms with E-state index < -0.39 is 0 Å². The monoisotopic (exact) mass is 457 g/mol. The fourth-order valence-electron chi connectivity index (χ4n) is 3.67. The fraction of sp³-hybridized carbons (Fsp3) is 0.286. The minimum Gasteiger partial charge on any atom is -0.494 e. The molecule has 176 valence electrons. The van der Waals surface area contributed by atoms with Crippen LogP contribution in [0.15, 0.2) is 72.8 Å². The molecule has 1 saturated carbocycles. The molecule has 0 unspecified atom stereocenters. The van der Waals surface area contributed by atoms with Crippen LogP contribution >= 0.6 is 0 Å². The van der Waals surface area contributed by atoms with Gasteiger partial charge in [0.1, 0.15) is 5.75 Å². The largest absolute Gasteiger partial charge is 0.494 e. The summed E-state index contributed by atoms with van der Waals surface area (Å²) >= 11 is 0. The molecule has 3 aromatic rings. The van der Waals surface area contributed by atoms with Gasteiger partial charge in [-0.15, -0.1) is 0 Å². The molecule has 1 fully saturated rings. The average molecular weight is 458 g/mol. The van der Waals surface area contributed by atoms with Crippen LogP contribution in [0.5, 0.6) is 5.75 Å². The van der Waals surface area contributed by atoms with Crippen LogP contribution in [0, 0.1) is 12.8 Å². The zero-order chi connectivity index (χ0) is 23.8. The first kappa shape index (κ1) is 23.4. The van der Waals surface area contributed by atoms with Gasteiger partial charge in [-0.1, -0.05) is 36.4 Å². The van der Waals surface area contributed by atoms with Crippen molar-refractivity contribution < 1.29 is 14.3 Å². The van der Waals surface area contributed by atoms with E-state index in [1.807, 2.05) is 67.6 Å². The molecule has 0 saturated heterocycles. The average Bonchev–Trinajstić information content (AvgIpc) is 3.70. The zero-order valence-electron chi connectivity index (χ0n) is 19.5. The third kappa shape index (κ3) is 6.85. The number of carbonyl (C=O) groups excluding carboxylic acids is 2. The lowest BCUT2D eigenvalue weighted by molar-refractivity contribution is -0.117. The number of hydrogen-bond donors (Lipinski definition) is 3. The Morgan fingerprint density at radius 1 is 0.882 bits per heavy atom. The van der Waals surface area contributed by atoms with Gasteiger partial charge in [0, 0.05) is 23.0 Å². The molecule has 1 aliphatic rings. The standard InChI is InChI=1S/C28H31N3O3/c1-20-25(10-5-11-26(20)31-28(33)22-12-13-22)29-19-27(32)30-23-14-16-24(17-15-23)34-18-6-9-21-7-3-2-4-8-21/h2-5,7-8,10-11,14-17,22,29H,6,9,12-13,18-19H2,1H3,(H,30,32)(H,31,33). The van der Waals surface area contributed by atoms with Gasteiger partial charge in [-0.3, -0.25) is 9.59 Å². The maximum Gasteiger partial charge on any atom is 0.243 e. The first-order chi connectivity index (χ1) is 16.6. The molecule has 34 heavy (non-hydrogen) atoms. The maximum absolute atomic E-state index is 12.4. The highest BCUT2D eigenvalue weighted by Gasteiger charge is 2.29. The second-order valence-electron chi connectivity index (χ2n) is 8.61. The van der Waals surface area contributed by atoms with Crippen molar-refractivity contribution in [1.29, 1.82) is 0 Å². The van der Waals surface area contributed by atoms with Crippen LogP contribution in [0.4, 0.5) is 17.1 Å². The molecule has 3 aromatic carbocycles. The molecule has 2 amide bonds. The summed E-state index contributed by atoms with van der Waals surface area (Å²) in [6.45, 7) is 2.70. The minimum atomic E-state index is -0.150. The van der Waals surface area contributed by atoms with E-state index >= 15 is 0 Å². The van der Waals surface area contributed by atoms with Crippen molar-refractivity contribution in [1.82, 2.24) is 0 Å². The molecule has 0 spiro atoms. The highest BCUT2D eigenvalue weighted by molar-refractivity contribution is 5.96. The third-order valence-corrected chi connectivity index (χ3v) is 5.84. The van der Waals surface area contributed by atoms with E-state index in [4.69, 9.17) is 4.74 Å². The van der Waals surface area contributed by atoms with Crippen molar-refractivity contribution in [2.75, 3.05) is 29.1 Å². The molecule has 6 nitrogen and oxygen atoms in total. The second kappa shape index (κ2) is 11.4. The van der Waals surface area contributed by atoms with Crippen molar-refractivity contribution in [3.05, 3.63) is 83.9 Å². The van der Waals surface area contributed by atoms with Crippen molar-refractivity contribution >= 4 is 28.9 Å². The Hall–Kier alpha value is -3.80. The lowest BCUT2D eigenvalue weighted by atomic mass is 10.1. The Kier molecular flexibility index (Phi) is 7.81. The van der Waals surface area contributed by atoms with Gasteiger partial charge in [0.25, 0.3) is 0 Å². The topological polar surface area (TPSA) is 79.5 Å². The Labute approximate surface area is 200 Å². The van der Waals surface area contributed by atoms with Crippen LogP contribution in [0.25, 0.3) is 0 Å². The van der Waals surface area contributed by atoms with Crippen LogP contribution in [0.1, 0.15) is 30.4 Å². The van der Waals surface area contributed by atoms with E-state index in [2.05, 4.69) is 28.1 Å². The summed E-state index contributed by atoms with van der Waals surface area (Å²) < 4.78 is 5.81. The molecule has 0 bridgehead atoms. The van der Waals surface area contributed by atoms with Gasteiger partial charge in [0.2, 0.25) is 11.8 Å². The normalized spacial score (nSPS) is 12.6. The molecule has 1 aliphatic carbocycles. The molecule has 6 heteroatoms. The van der Waals surface area contributed by atoms with Crippen LogP contribution in [-0.4, -0.2) is 25.0 Å². The minimum absolute atomic E-state index is 0.0709. The number of rotatable bonds is 11. The van der Waals surface area contributed by atoms with Crippen molar-refractivity contribution in [2.45, 2.75) is 32.6 Å². The van der Waals surface area contributed by atoms with Crippen molar-refractivity contribution in [2.24, 2.45) is 5.92 Å². The van der Waals surface area contributed by atoms with Crippen molar-refractivity contribution in [3.8, 4) is 5.75 Å². The molecule has 0 atom stereocenters. The summed E-state index contributed by atoms with van der Waals surface area (Å²) in [5.74, 6) is 0.850. The summed E-state index contributed by atoms with van der Waals surface area (Å²) in [6, 6.07) is 23.4. The van der Waals surface area contributed by atoms with Gasteiger partial charge < -0.3 is 20.7 Å². The van der Waals surface area contributed by atoms with E-state index in [1.54, 1.807) is 0 Å². The number of anilines is 3. The molecular formula is C28H31N3O3. The Balaban J connectivity index is 1.20. The molecule has 0 aliphatic heterocycles. The van der Waals surface area contributed by atoms with Crippen LogP contribution in [0.2, 0.25) is 0 Å². The summed E-state index contributed by atoms with van der Waals surface area (Å²) in [4.78, 5) is 24.5. The molecular weight excluding hydrogens is 426 g/mol. The number of amides is 2. The number of aryl methyl sites for hydroxylation is 1. The Morgan fingerprint density at radius 3 is 2.35 bits per heavy atom. The number of hydrogen-bond acceptors (Lipinski definition) is 4. The number of ether oxygens (including phenoxy) is 1. The van der Waals surface area contributed by atoms with Crippen LogP contribution < -0.4 is 20.7 Å². The maximum atomic E-state index is 12.4. The number of carbonyl (C=O) groups is 2. The smallest absolute Gasteiger partial charge is 0.243 e. The molecule has 0 heterocycles. The first-order valence-electron chi connectivity index (χ1n) is 11.8. The SMILES string of the molecule is Cc1c(NCC(=O)Nc2ccc(OCCCc3ccccc3)cc2)cccc1NC(=O)C1CC1. The molecule has 0 aromatic heterocycles. The summed E-state index contributed by atoms with van der Waals surface area (Å²) in [6.07, 6.45) is 3.85. The van der Waals surface area contributed by atoms with Crippen LogP contribution in [-0.2, 0) is 16.0 Å². The molecule has 3 N–H and O–H groups in total. The predicted octanol–water partition coefficient (Wildman–Crippen LogP) is 5.41. The highest BCUT2D eigenvalue weighted by Crippen LogP contribution is 2.31. The van der Waals surface area contributed by atoms with E-state index in [1.165, 1.54) is 5.56 Å². The predicted molar refractivity (Wildman–Crippen MR) is 136 cm³/mol. The van der Waals surface area contributed by atoms with E-state index in [0.29, 0.717) is 12.3 Å². The van der Waals surface area contributed by atoms with E-state index in [0.717, 1.165) is 48.4 Å². The van der Waals surface area contributed by atoms with Gasteiger partial charge in [0.15, 0.2) is 0 Å². The number of benzene rings is 3. The summed E-state index contributed by atoms with van der Waals surface area (Å²) in [5.41, 5.74) is 4.54. The highest BCUT2D eigenvalue weighted by atomic mass is 16.5. The second-order valence-corrected chi connectivity index (χ2v) is 8.61. The third-order valence-electron chi connectivity index (χ3n) is 5.84. The van der Waals surface area contributed by atoms with Gasteiger partial charge in [-0.05, 0) is 80.1 Å². The lowest BCUT2D eigenvalue weighted by Crippen LogP contribution is -2.22. The Morgan fingerprint density at radius 2 is 1.62 bits per heavy atom. The fourth-order valence-corrected chi connectivity index (χ4v) is 3.67. The van der Waals surface area contributed by atoms with Crippen molar-refractivity contribution in [3.63, 3.8) is 0 Å². The quantitative estimate of drug-likeness (QED) is 0.337. The summed E-state index contributed by atoms with van der Waals surface area (Å²) in [7, 11) is 0. The molecule has 0 radical (unpaired) electrons. The van der Waals surface area contributed by atoms with Gasteiger partial charge in [0.05, 0.1) is 13.2 Å². The van der Waals surface area contributed by atoms with Gasteiger partial charge in [-0.2, -0.15) is 0 Å². The first-order valence-corrected chi connectivity index (χ1v) is 11.8. The van der Waals surface area contributed by atoms with E-state index in [9.17, 15) is 9.59 Å². The van der Waals surface area contributed by atoms with Gasteiger partial charge >= 0.3 is 0 Å². The van der Waals surface area contributed by atoms with E-state index in [-0.39, 0.29) is 24.3 Å². The Bertz CT molecular complexity index is 1110. The molecule has 4 rings (SSSR count). The summed E-state index contributed by atoms with van der Waals surface area (Å²) in [5, 5.41) is 9.03. The number of nitrogens with one attached hydrogen (secondary N) is 3. The van der Waals surface area contributed by atoms with Gasteiger partial charge in [-0.25, -0.2) is 0 Å². The zero-order valence-corrected chi connectivity index (χ0v) is 19.5. The van der Waals surface area contributed by atoms with Crippen LogP contribution in [0.3, 0.4) is 0 Å².